The average molecular weight is 387 g/mol. The van der Waals surface area contributed by atoms with Crippen molar-refractivity contribution in [3.05, 3.63) is 63.5 Å². The van der Waals surface area contributed by atoms with Crippen molar-refractivity contribution in [2.45, 2.75) is 19.5 Å². The summed E-state index contributed by atoms with van der Waals surface area (Å²) in [5.74, 6) is 0.849. The molecule has 0 N–H and O–H groups in total. The van der Waals surface area contributed by atoms with Gasteiger partial charge >= 0.3 is 0 Å². The van der Waals surface area contributed by atoms with Crippen molar-refractivity contribution in [1.82, 2.24) is 19.9 Å². The summed E-state index contributed by atoms with van der Waals surface area (Å²) in [7, 11) is 0. The van der Waals surface area contributed by atoms with E-state index >= 15 is 0 Å². The van der Waals surface area contributed by atoms with Crippen LogP contribution in [0, 0.1) is 0 Å². The van der Waals surface area contributed by atoms with Crippen LogP contribution >= 0.6 is 27.3 Å². The van der Waals surface area contributed by atoms with Crippen LogP contribution in [0.2, 0.25) is 0 Å². The molecule has 6 heteroatoms. The van der Waals surface area contributed by atoms with Crippen molar-refractivity contribution in [3.8, 4) is 10.7 Å². The Hall–Kier alpha value is -1.63. The second-order valence-electron chi connectivity index (χ2n) is 5.56. The maximum absolute atomic E-state index is 4.77. The summed E-state index contributed by atoms with van der Waals surface area (Å²) in [4.78, 5) is 17.2. The Morgan fingerprint density at radius 2 is 2.17 bits per heavy atom. The van der Waals surface area contributed by atoms with Crippen molar-refractivity contribution >= 4 is 27.3 Å². The summed E-state index contributed by atoms with van der Waals surface area (Å²) < 4.78 is 0.926. The molecule has 0 bridgehead atoms. The number of thiophene rings is 1. The zero-order chi connectivity index (χ0) is 15.6. The van der Waals surface area contributed by atoms with Crippen molar-refractivity contribution < 1.29 is 0 Å². The Balaban J connectivity index is 1.53. The number of pyridine rings is 1. The monoisotopic (exact) mass is 386 g/mol. The highest BCUT2D eigenvalue weighted by Gasteiger charge is 2.19. The zero-order valence-corrected chi connectivity index (χ0v) is 14.8. The third-order valence-corrected chi connectivity index (χ3v) is 5.56. The minimum atomic E-state index is 0.849. The molecule has 0 aliphatic carbocycles. The predicted octanol–water partition coefficient (Wildman–Crippen LogP) is 3.92. The van der Waals surface area contributed by atoms with Gasteiger partial charge in [-0.2, -0.15) is 0 Å². The van der Waals surface area contributed by atoms with Crippen LogP contribution in [0.1, 0.15) is 16.8 Å². The fourth-order valence-corrected chi connectivity index (χ4v) is 3.85. The van der Waals surface area contributed by atoms with E-state index in [1.165, 1.54) is 16.8 Å². The van der Waals surface area contributed by atoms with Crippen molar-refractivity contribution in [2.24, 2.45) is 0 Å². The quantitative estimate of drug-likeness (QED) is 0.639. The maximum Gasteiger partial charge on any atom is 0.169 e. The van der Waals surface area contributed by atoms with Gasteiger partial charge in [0.1, 0.15) is 4.60 Å². The van der Waals surface area contributed by atoms with Crippen LogP contribution in [0.3, 0.4) is 0 Å². The molecule has 0 unspecified atom stereocenters. The van der Waals surface area contributed by atoms with E-state index in [4.69, 9.17) is 4.98 Å². The smallest absolute Gasteiger partial charge is 0.169 e. The Labute approximate surface area is 147 Å². The number of rotatable bonds is 3. The van der Waals surface area contributed by atoms with Gasteiger partial charge in [0.25, 0.3) is 0 Å². The van der Waals surface area contributed by atoms with E-state index in [1.54, 1.807) is 17.5 Å². The van der Waals surface area contributed by atoms with Gasteiger partial charge in [0.05, 0.1) is 10.6 Å². The molecule has 0 aromatic carbocycles. The molecule has 3 aromatic rings. The highest BCUT2D eigenvalue weighted by molar-refractivity contribution is 9.10. The number of halogens is 1. The molecular formula is C17H15BrN4S. The number of hydrogen-bond acceptors (Lipinski definition) is 5. The van der Waals surface area contributed by atoms with Crippen LogP contribution in [0.5, 0.6) is 0 Å². The molecule has 4 heterocycles. The molecule has 4 rings (SSSR count). The van der Waals surface area contributed by atoms with E-state index in [0.29, 0.717) is 0 Å². The molecule has 0 spiro atoms. The molecule has 0 radical (unpaired) electrons. The van der Waals surface area contributed by atoms with Gasteiger partial charge in [-0.05, 0) is 39.0 Å². The summed E-state index contributed by atoms with van der Waals surface area (Å²) in [6, 6.07) is 8.20. The van der Waals surface area contributed by atoms with E-state index in [-0.39, 0.29) is 0 Å². The third-order valence-electron chi connectivity index (χ3n) is 3.98. The summed E-state index contributed by atoms with van der Waals surface area (Å²) in [5, 5.41) is 2.06. The molecule has 3 aromatic heterocycles. The predicted molar refractivity (Wildman–Crippen MR) is 95.1 cm³/mol. The van der Waals surface area contributed by atoms with Crippen LogP contribution in [-0.4, -0.2) is 26.4 Å². The Bertz CT molecular complexity index is 819. The Morgan fingerprint density at radius 1 is 1.22 bits per heavy atom. The number of nitrogens with zero attached hydrogens (tertiary/aromatic N) is 4. The topological polar surface area (TPSA) is 41.9 Å². The highest BCUT2D eigenvalue weighted by Crippen LogP contribution is 2.25. The lowest BCUT2D eigenvalue weighted by molar-refractivity contribution is 0.242. The molecule has 0 saturated carbocycles. The van der Waals surface area contributed by atoms with Crippen molar-refractivity contribution in [3.63, 3.8) is 0 Å². The van der Waals surface area contributed by atoms with Gasteiger partial charge in [0.15, 0.2) is 5.82 Å². The molecule has 1 aliphatic rings. The molecule has 0 atom stereocenters. The molecule has 0 saturated heterocycles. The lowest BCUT2D eigenvalue weighted by atomic mass is 10.1. The first-order valence-electron chi connectivity index (χ1n) is 7.50. The van der Waals surface area contributed by atoms with Crippen LogP contribution in [0.25, 0.3) is 10.7 Å². The fraction of sp³-hybridized carbons (Fsp3) is 0.235. The van der Waals surface area contributed by atoms with Crippen LogP contribution in [0.4, 0.5) is 0 Å². The molecule has 116 valence electrons. The zero-order valence-electron chi connectivity index (χ0n) is 12.4. The van der Waals surface area contributed by atoms with Crippen molar-refractivity contribution in [2.75, 3.05) is 6.54 Å². The number of aromatic nitrogens is 3. The SMILES string of the molecule is Brc1ncccc1CN1CCc2nc(-c3cccs3)ncc2C1. The lowest BCUT2D eigenvalue weighted by Crippen LogP contribution is -2.31. The van der Waals surface area contributed by atoms with E-state index in [1.807, 2.05) is 18.3 Å². The summed E-state index contributed by atoms with van der Waals surface area (Å²) in [6.45, 7) is 2.79. The van der Waals surface area contributed by atoms with Crippen LogP contribution in [-0.2, 0) is 19.5 Å². The summed E-state index contributed by atoms with van der Waals surface area (Å²) in [5.41, 5.74) is 3.63. The molecular weight excluding hydrogens is 372 g/mol. The Kier molecular flexibility index (Phi) is 4.20. The van der Waals surface area contributed by atoms with Gasteiger partial charge in [0.2, 0.25) is 0 Å². The molecule has 4 nitrogen and oxygen atoms in total. The fourth-order valence-electron chi connectivity index (χ4n) is 2.81. The van der Waals surface area contributed by atoms with E-state index < -0.39 is 0 Å². The van der Waals surface area contributed by atoms with Crippen molar-refractivity contribution in [1.29, 1.82) is 0 Å². The minimum absolute atomic E-state index is 0.849. The highest BCUT2D eigenvalue weighted by atomic mass is 79.9. The van der Waals surface area contributed by atoms with Crippen LogP contribution < -0.4 is 0 Å². The molecule has 23 heavy (non-hydrogen) atoms. The normalized spacial score (nSPS) is 14.7. The molecule has 0 amide bonds. The lowest BCUT2D eigenvalue weighted by Gasteiger charge is -2.28. The molecule has 0 fully saturated rings. The number of fused-ring (bicyclic) bond motifs is 1. The van der Waals surface area contributed by atoms with Gasteiger partial charge in [0, 0.05) is 44.0 Å². The third kappa shape index (κ3) is 3.20. The first kappa shape index (κ1) is 14.9. The summed E-state index contributed by atoms with van der Waals surface area (Å²) in [6.07, 6.45) is 4.76. The number of hydrogen-bond donors (Lipinski definition) is 0. The Morgan fingerprint density at radius 3 is 3.00 bits per heavy atom. The van der Waals surface area contributed by atoms with Gasteiger partial charge in [-0.1, -0.05) is 12.1 Å². The van der Waals surface area contributed by atoms with Gasteiger partial charge in [-0.25, -0.2) is 15.0 Å². The first-order valence-corrected chi connectivity index (χ1v) is 9.17. The summed E-state index contributed by atoms with van der Waals surface area (Å²) >= 11 is 5.21. The van der Waals surface area contributed by atoms with Crippen LogP contribution in [0.15, 0.2) is 46.6 Å². The van der Waals surface area contributed by atoms with E-state index in [2.05, 4.69) is 48.3 Å². The van der Waals surface area contributed by atoms with Gasteiger partial charge in [-0.3, -0.25) is 4.90 Å². The second-order valence-corrected chi connectivity index (χ2v) is 7.26. The molecule has 1 aliphatic heterocycles. The second kappa shape index (κ2) is 6.47. The van der Waals surface area contributed by atoms with Gasteiger partial charge in [-0.15, -0.1) is 11.3 Å². The first-order chi connectivity index (χ1) is 11.3. The minimum Gasteiger partial charge on any atom is -0.294 e. The standard InChI is InChI=1S/C17H15BrN4S/c18-16-12(3-1-6-19-16)10-22-7-5-14-13(11-22)9-20-17(21-14)15-4-2-8-23-15/h1-4,6,8-9H,5,7,10-11H2. The maximum atomic E-state index is 4.77. The average Bonchev–Trinajstić information content (AvgIpc) is 3.11. The van der Waals surface area contributed by atoms with Gasteiger partial charge < -0.3 is 0 Å². The van der Waals surface area contributed by atoms with E-state index in [0.717, 1.165) is 41.4 Å². The van der Waals surface area contributed by atoms with E-state index in [9.17, 15) is 0 Å². The largest absolute Gasteiger partial charge is 0.294 e.